The van der Waals surface area contributed by atoms with Gasteiger partial charge in [0, 0.05) is 16.9 Å². The molecular formula is C18H18N2O3S3. The summed E-state index contributed by atoms with van der Waals surface area (Å²) in [6, 6.07) is 10.4. The van der Waals surface area contributed by atoms with E-state index in [1.807, 2.05) is 29.6 Å². The minimum absolute atomic E-state index is 0.264. The van der Waals surface area contributed by atoms with Gasteiger partial charge < -0.3 is 5.32 Å². The Morgan fingerprint density at radius 3 is 2.81 bits per heavy atom. The predicted molar refractivity (Wildman–Crippen MR) is 106 cm³/mol. The number of thiophene rings is 2. The number of amides is 1. The zero-order chi connectivity index (χ0) is 18.1. The van der Waals surface area contributed by atoms with Crippen molar-refractivity contribution in [2.24, 2.45) is 0 Å². The highest BCUT2D eigenvalue weighted by atomic mass is 32.2. The van der Waals surface area contributed by atoms with Crippen LogP contribution in [0.3, 0.4) is 0 Å². The molecule has 1 aliphatic heterocycles. The van der Waals surface area contributed by atoms with Gasteiger partial charge in [0.05, 0.1) is 0 Å². The van der Waals surface area contributed by atoms with E-state index in [1.165, 1.54) is 15.6 Å². The van der Waals surface area contributed by atoms with Gasteiger partial charge in [-0.25, -0.2) is 8.42 Å². The molecule has 3 aromatic rings. The van der Waals surface area contributed by atoms with Crippen LogP contribution in [0.4, 0.5) is 5.69 Å². The number of nitrogens with one attached hydrogen (secondary N) is 1. The van der Waals surface area contributed by atoms with Crippen LogP contribution in [-0.2, 0) is 14.8 Å². The average molecular weight is 407 g/mol. The van der Waals surface area contributed by atoms with Crippen molar-refractivity contribution < 1.29 is 13.2 Å². The first-order valence-electron chi connectivity index (χ1n) is 8.39. The lowest BCUT2D eigenvalue weighted by molar-refractivity contribution is -0.120. The van der Waals surface area contributed by atoms with Crippen LogP contribution in [0.15, 0.2) is 51.4 Å². The summed E-state index contributed by atoms with van der Waals surface area (Å²) in [5.41, 5.74) is 0.694. The third-order valence-electron chi connectivity index (χ3n) is 4.53. The summed E-state index contributed by atoms with van der Waals surface area (Å²) in [4.78, 5) is 12.9. The van der Waals surface area contributed by atoms with Crippen LogP contribution in [0.2, 0.25) is 0 Å². The number of anilines is 1. The standard InChI is InChI=1S/C18H18N2O3S3/c21-18(19-14-6-7-16-13(12-14)8-11-24-16)15-4-1-2-9-20(15)26(22,23)17-5-3-10-25-17/h3,5-8,10-12,15H,1-2,4,9H2,(H,19,21)/t15-/m0/s1. The lowest BCUT2D eigenvalue weighted by Gasteiger charge is -2.33. The number of hydrogen-bond donors (Lipinski definition) is 1. The van der Waals surface area contributed by atoms with Crippen molar-refractivity contribution in [3.05, 3.63) is 47.2 Å². The van der Waals surface area contributed by atoms with E-state index in [0.717, 1.165) is 22.9 Å². The van der Waals surface area contributed by atoms with Gasteiger partial charge in [0.1, 0.15) is 10.3 Å². The van der Waals surface area contributed by atoms with E-state index in [1.54, 1.807) is 28.8 Å². The molecule has 0 aliphatic carbocycles. The van der Waals surface area contributed by atoms with Crippen LogP contribution in [0.5, 0.6) is 0 Å². The van der Waals surface area contributed by atoms with Gasteiger partial charge in [-0.2, -0.15) is 4.31 Å². The van der Waals surface area contributed by atoms with Crippen LogP contribution in [0, 0.1) is 0 Å². The van der Waals surface area contributed by atoms with E-state index in [-0.39, 0.29) is 10.1 Å². The molecule has 26 heavy (non-hydrogen) atoms. The SMILES string of the molecule is O=C(Nc1ccc2sccc2c1)[C@@H]1CCCCN1S(=O)(=O)c1cccs1. The Kier molecular flexibility index (Phi) is 4.83. The van der Waals surface area contributed by atoms with Gasteiger partial charge in [0.2, 0.25) is 5.91 Å². The fourth-order valence-corrected chi connectivity index (χ4v) is 6.80. The maximum atomic E-state index is 12.9. The smallest absolute Gasteiger partial charge is 0.253 e. The number of hydrogen-bond acceptors (Lipinski definition) is 5. The zero-order valence-electron chi connectivity index (χ0n) is 13.9. The number of piperidine rings is 1. The molecule has 0 unspecified atom stereocenters. The van der Waals surface area contributed by atoms with Gasteiger partial charge in [0.25, 0.3) is 10.0 Å². The van der Waals surface area contributed by atoms with Gasteiger partial charge in [-0.3, -0.25) is 4.79 Å². The Labute approximate surface area is 160 Å². The van der Waals surface area contributed by atoms with Crippen molar-refractivity contribution in [2.75, 3.05) is 11.9 Å². The molecule has 0 spiro atoms. The van der Waals surface area contributed by atoms with E-state index in [9.17, 15) is 13.2 Å². The lowest BCUT2D eigenvalue weighted by Crippen LogP contribution is -2.49. The van der Waals surface area contributed by atoms with Crippen molar-refractivity contribution >= 4 is 54.4 Å². The Bertz CT molecular complexity index is 1030. The van der Waals surface area contributed by atoms with Crippen molar-refractivity contribution in [3.63, 3.8) is 0 Å². The van der Waals surface area contributed by atoms with Crippen molar-refractivity contribution in [1.29, 1.82) is 0 Å². The minimum atomic E-state index is -3.64. The maximum Gasteiger partial charge on any atom is 0.253 e. The highest BCUT2D eigenvalue weighted by molar-refractivity contribution is 7.91. The summed E-state index contributed by atoms with van der Waals surface area (Å²) in [7, 11) is -3.64. The molecule has 1 fully saturated rings. The maximum absolute atomic E-state index is 12.9. The molecule has 0 radical (unpaired) electrons. The Morgan fingerprint density at radius 1 is 1.12 bits per heavy atom. The molecule has 0 saturated carbocycles. The highest BCUT2D eigenvalue weighted by Crippen LogP contribution is 2.29. The van der Waals surface area contributed by atoms with E-state index in [4.69, 9.17) is 0 Å². The second-order valence-corrected chi connectivity index (χ2v) is 10.2. The third kappa shape index (κ3) is 3.29. The number of sulfonamides is 1. The molecule has 1 atom stereocenters. The minimum Gasteiger partial charge on any atom is -0.325 e. The molecular weight excluding hydrogens is 388 g/mol. The number of nitrogens with zero attached hydrogens (tertiary/aromatic N) is 1. The Hall–Kier alpha value is -1.74. The van der Waals surface area contributed by atoms with Gasteiger partial charge in [-0.15, -0.1) is 22.7 Å². The normalized spacial score (nSPS) is 18.8. The molecule has 1 saturated heterocycles. The lowest BCUT2D eigenvalue weighted by atomic mass is 10.0. The highest BCUT2D eigenvalue weighted by Gasteiger charge is 2.38. The first-order valence-corrected chi connectivity index (χ1v) is 11.6. The number of benzene rings is 1. The second kappa shape index (κ2) is 7.11. The first kappa shape index (κ1) is 17.7. The van der Waals surface area contributed by atoms with Gasteiger partial charge >= 0.3 is 0 Å². The molecule has 1 aromatic carbocycles. The molecule has 1 amide bonds. The summed E-state index contributed by atoms with van der Waals surface area (Å²) in [6.45, 7) is 0.377. The Morgan fingerprint density at radius 2 is 2.00 bits per heavy atom. The fourth-order valence-electron chi connectivity index (χ4n) is 3.25. The number of carbonyl (C=O) groups excluding carboxylic acids is 1. The first-order chi connectivity index (χ1) is 12.6. The van der Waals surface area contributed by atoms with Crippen LogP contribution in [0.25, 0.3) is 10.1 Å². The van der Waals surface area contributed by atoms with Gasteiger partial charge in [-0.05, 0) is 59.3 Å². The van der Waals surface area contributed by atoms with Gasteiger partial charge in [0.15, 0.2) is 0 Å². The summed E-state index contributed by atoms with van der Waals surface area (Å²) < 4.78 is 28.6. The number of rotatable bonds is 4. The van der Waals surface area contributed by atoms with E-state index in [0.29, 0.717) is 18.7 Å². The van der Waals surface area contributed by atoms with Crippen molar-refractivity contribution in [3.8, 4) is 0 Å². The molecule has 136 valence electrons. The van der Waals surface area contributed by atoms with Crippen molar-refractivity contribution in [1.82, 2.24) is 4.31 Å². The summed E-state index contributed by atoms with van der Waals surface area (Å²) in [5.74, 6) is -0.264. The van der Waals surface area contributed by atoms with Crippen LogP contribution >= 0.6 is 22.7 Å². The van der Waals surface area contributed by atoms with Gasteiger partial charge in [-0.1, -0.05) is 12.5 Å². The van der Waals surface area contributed by atoms with Crippen LogP contribution in [-0.4, -0.2) is 31.2 Å². The summed E-state index contributed by atoms with van der Waals surface area (Å²) in [6.07, 6.45) is 2.16. The van der Waals surface area contributed by atoms with E-state index < -0.39 is 16.1 Å². The fraction of sp³-hybridized carbons (Fsp3) is 0.278. The predicted octanol–water partition coefficient (Wildman–Crippen LogP) is 4.14. The molecule has 2 aromatic heterocycles. The molecule has 1 N–H and O–H groups in total. The molecule has 1 aliphatic rings. The summed E-state index contributed by atoms with van der Waals surface area (Å²) in [5, 5.41) is 7.72. The van der Waals surface area contributed by atoms with E-state index in [2.05, 4.69) is 5.32 Å². The average Bonchev–Trinajstić information content (AvgIpc) is 3.33. The molecule has 4 rings (SSSR count). The summed E-state index contributed by atoms with van der Waals surface area (Å²) >= 11 is 2.83. The second-order valence-electron chi connectivity index (χ2n) is 6.22. The number of fused-ring (bicyclic) bond motifs is 1. The monoisotopic (exact) mass is 406 g/mol. The Balaban J connectivity index is 1.58. The molecule has 0 bridgehead atoms. The van der Waals surface area contributed by atoms with Crippen LogP contribution in [0.1, 0.15) is 19.3 Å². The molecule has 5 nitrogen and oxygen atoms in total. The topological polar surface area (TPSA) is 66.5 Å². The van der Waals surface area contributed by atoms with Crippen LogP contribution < -0.4 is 5.32 Å². The molecule has 8 heteroatoms. The van der Waals surface area contributed by atoms with Crippen molar-refractivity contribution in [2.45, 2.75) is 29.5 Å². The molecule has 3 heterocycles. The third-order valence-corrected chi connectivity index (χ3v) is 8.71. The van der Waals surface area contributed by atoms with E-state index >= 15 is 0 Å². The largest absolute Gasteiger partial charge is 0.325 e. The quantitative estimate of drug-likeness (QED) is 0.708. The number of carbonyl (C=O) groups is 1. The zero-order valence-corrected chi connectivity index (χ0v) is 16.4.